The van der Waals surface area contributed by atoms with Crippen LogP contribution in [0.4, 0.5) is 0 Å². The number of hydrogen-bond acceptors (Lipinski definition) is 2. The van der Waals surface area contributed by atoms with Crippen LogP contribution < -0.4 is 4.74 Å². The van der Waals surface area contributed by atoms with Crippen molar-refractivity contribution < 1.29 is 9.53 Å². The van der Waals surface area contributed by atoms with Crippen LogP contribution in [0.5, 0.6) is 5.75 Å². The minimum Gasteiger partial charge on any atom is -0.497 e. The normalized spacial score (nSPS) is 11.8. The Kier molecular flexibility index (Phi) is 5.83. The molecule has 0 aliphatic heterocycles. The van der Waals surface area contributed by atoms with E-state index in [1.807, 2.05) is 67.3 Å². The molecule has 22 heavy (non-hydrogen) atoms. The number of halogens is 1. The molecule has 4 heteroatoms. The molecule has 1 atom stereocenters. The van der Waals surface area contributed by atoms with Crippen LogP contribution in [-0.4, -0.2) is 24.5 Å². The van der Waals surface area contributed by atoms with Gasteiger partial charge in [-0.3, -0.25) is 4.79 Å². The summed E-state index contributed by atoms with van der Waals surface area (Å²) >= 11 is 2.23. The number of carbonyl (C=O) groups is 1. The quantitative estimate of drug-likeness (QED) is 0.680. The Balaban J connectivity index is 2.28. The lowest BCUT2D eigenvalue weighted by Crippen LogP contribution is -2.33. The maximum atomic E-state index is 12.8. The number of benzene rings is 2. The van der Waals surface area contributed by atoms with E-state index in [-0.39, 0.29) is 11.9 Å². The van der Waals surface area contributed by atoms with Gasteiger partial charge in [0.1, 0.15) is 5.75 Å². The summed E-state index contributed by atoms with van der Waals surface area (Å²) in [7, 11) is 1.65. The first-order valence-electron chi connectivity index (χ1n) is 7.27. The Labute approximate surface area is 145 Å². The zero-order valence-corrected chi connectivity index (χ0v) is 15.2. The topological polar surface area (TPSA) is 29.5 Å². The summed E-state index contributed by atoms with van der Waals surface area (Å²) in [6.45, 7) is 4.70. The van der Waals surface area contributed by atoms with Crippen LogP contribution in [0.15, 0.2) is 48.5 Å². The molecule has 0 saturated heterocycles. The SMILES string of the molecule is CCN(C(=O)c1cccc(I)c1)C(C)c1cccc(OC)c1. The smallest absolute Gasteiger partial charge is 0.254 e. The van der Waals surface area contributed by atoms with Gasteiger partial charge in [-0.05, 0) is 72.3 Å². The zero-order chi connectivity index (χ0) is 16.1. The Morgan fingerprint density at radius 3 is 2.59 bits per heavy atom. The van der Waals surface area contributed by atoms with Crippen molar-refractivity contribution >= 4 is 28.5 Å². The fourth-order valence-corrected chi connectivity index (χ4v) is 3.01. The summed E-state index contributed by atoms with van der Waals surface area (Å²) in [6.07, 6.45) is 0. The average Bonchev–Trinajstić information content (AvgIpc) is 2.55. The Hall–Kier alpha value is -1.56. The molecule has 0 fully saturated rings. The highest BCUT2D eigenvalue weighted by molar-refractivity contribution is 14.1. The Morgan fingerprint density at radius 2 is 1.95 bits per heavy atom. The fourth-order valence-electron chi connectivity index (χ4n) is 2.46. The molecule has 0 heterocycles. The number of methoxy groups -OCH3 is 1. The summed E-state index contributed by atoms with van der Waals surface area (Å²) in [5.74, 6) is 0.860. The molecule has 2 aromatic carbocycles. The van der Waals surface area contributed by atoms with Gasteiger partial charge in [0.2, 0.25) is 0 Å². The van der Waals surface area contributed by atoms with Crippen LogP contribution in [0.25, 0.3) is 0 Å². The highest BCUT2D eigenvalue weighted by Crippen LogP contribution is 2.25. The van der Waals surface area contributed by atoms with Gasteiger partial charge in [0.15, 0.2) is 0 Å². The monoisotopic (exact) mass is 409 g/mol. The van der Waals surface area contributed by atoms with Gasteiger partial charge in [0.05, 0.1) is 13.2 Å². The molecule has 0 aromatic heterocycles. The largest absolute Gasteiger partial charge is 0.497 e. The van der Waals surface area contributed by atoms with Gasteiger partial charge >= 0.3 is 0 Å². The lowest BCUT2D eigenvalue weighted by Gasteiger charge is -2.29. The summed E-state index contributed by atoms with van der Waals surface area (Å²) < 4.78 is 6.34. The van der Waals surface area contributed by atoms with Crippen molar-refractivity contribution in [2.45, 2.75) is 19.9 Å². The second-order valence-electron chi connectivity index (χ2n) is 5.05. The van der Waals surface area contributed by atoms with E-state index >= 15 is 0 Å². The molecule has 0 aliphatic rings. The van der Waals surface area contributed by atoms with Crippen molar-refractivity contribution in [2.24, 2.45) is 0 Å². The number of rotatable bonds is 5. The van der Waals surface area contributed by atoms with E-state index in [1.54, 1.807) is 7.11 Å². The Morgan fingerprint density at radius 1 is 1.23 bits per heavy atom. The van der Waals surface area contributed by atoms with E-state index in [0.29, 0.717) is 6.54 Å². The van der Waals surface area contributed by atoms with E-state index in [4.69, 9.17) is 4.74 Å². The summed E-state index contributed by atoms with van der Waals surface area (Å²) in [4.78, 5) is 14.7. The van der Waals surface area contributed by atoms with Gasteiger partial charge in [0, 0.05) is 15.7 Å². The molecule has 0 saturated carbocycles. The van der Waals surface area contributed by atoms with Crippen molar-refractivity contribution in [3.05, 3.63) is 63.2 Å². The average molecular weight is 409 g/mol. The number of nitrogens with zero attached hydrogens (tertiary/aromatic N) is 1. The molecule has 0 bridgehead atoms. The molecule has 3 nitrogen and oxygen atoms in total. The van der Waals surface area contributed by atoms with Crippen molar-refractivity contribution in [3.63, 3.8) is 0 Å². The molecule has 0 spiro atoms. The van der Waals surface area contributed by atoms with Crippen molar-refractivity contribution in [1.29, 1.82) is 0 Å². The van der Waals surface area contributed by atoms with Crippen molar-refractivity contribution in [3.8, 4) is 5.75 Å². The van der Waals surface area contributed by atoms with Crippen LogP contribution in [0.3, 0.4) is 0 Å². The first-order valence-corrected chi connectivity index (χ1v) is 8.35. The molecule has 116 valence electrons. The molecule has 2 rings (SSSR count). The predicted molar refractivity (Wildman–Crippen MR) is 97.3 cm³/mol. The predicted octanol–water partition coefficient (Wildman–Crippen LogP) is 4.52. The molecule has 0 aliphatic carbocycles. The molecular formula is C18H20INO2. The van der Waals surface area contributed by atoms with Crippen LogP contribution in [0.2, 0.25) is 0 Å². The minimum absolute atomic E-state index is 0.00883. The van der Waals surface area contributed by atoms with E-state index in [1.165, 1.54) is 0 Å². The van der Waals surface area contributed by atoms with Crippen LogP contribution >= 0.6 is 22.6 Å². The third-order valence-electron chi connectivity index (χ3n) is 3.72. The standard InChI is InChI=1S/C18H20INO2/c1-4-20(18(21)15-8-5-9-16(19)11-15)13(2)14-7-6-10-17(12-14)22-3/h5-13H,4H2,1-3H3. The third-order valence-corrected chi connectivity index (χ3v) is 4.39. The first-order chi connectivity index (χ1) is 10.6. The van der Waals surface area contributed by atoms with Gasteiger partial charge in [-0.25, -0.2) is 0 Å². The van der Waals surface area contributed by atoms with Crippen LogP contribution in [-0.2, 0) is 0 Å². The lowest BCUT2D eigenvalue weighted by atomic mass is 10.1. The van der Waals surface area contributed by atoms with Crippen LogP contribution in [0, 0.1) is 3.57 Å². The number of carbonyl (C=O) groups excluding carboxylic acids is 1. The molecular weight excluding hydrogens is 389 g/mol. The minimum atomic E-state index is -0.00883. The maximum absolute atomic E-state index is 12.8. The zero-order valence-electron chi connectivity index (χ0n) is 13.0. The van der Waals surface area contributed by atoms with Crippen molar-refractivity contribution in [2.75, 3.05) is 13.7 Å². The summed E-state index contributed by atoms with van der Waals surface area (Å²) in [6, 6.07) is 15.5. The van der Waals surface area contributed by atoms with Gasteiger partial charge in [0.25, 0.3) is 5.91 Å². The third kappa shape index (κ3) is 3.80. The first kappa shape index (κ1) is 16.8. The van der Waals surface area contributed by atoms with Gasteiger partial charge in [-0.1, -0.05) is 18.2 Å². The fraction of sp³-hybridized carbons (Fsp3) is 0.278. The van der Waals surface area contributed by atoms with E-state index in [2.05, 4.69) is 22.6 Å². The Bertz CT molecular complexity index is 657. The van der Waals surface area contributed by atoms with Crippen LogP contribution in [0.1, 0.15) is 35.8 Å². The number of amides is 1. The second kappa shape index (κ2) is 7.63. The van der Waals surface area contributed by atoms with E-state index < -0.39 is 0 Å². The second-order valence-corrected chi connectivity index (χ2v) is 6.30. The number of ether oxygens (including phenoxy) is 1. The molecule has 0 N–H and O–H groups in total. The van der Waals surface area contributed by atoms with Crippen molar-refractivity contribution in [1.82, 2.24) is 4.90 Å². The van der Waals surface area contributed by atoms with E-state index in [0.717, 1.165) is 20.4 Å². The lowest BCUT2D eigenvalue weighted by molar-refractivity contribution is 0.0702. The highest BCUT2D eigenvalue weighted by Gasteiger charge is 2.21. The van der Waals surface area contributed by atoms with Gasteiger partial charge in [-0.15, -0.1) is 0 Å². The molecule has 1 unspecified atom stereocenters. The summed E-state index contributed by atoms with van der Waals surface area (Å²) in [5.41, 5.74) is 1.80. The van der Waals surface area contributed by atoms with Gasteiger partial charge < -0.3 is 9.64 Å². The number of hydrogen-bond donors (Lipinski definition) is 0. The maximum Gasteiger partial charge on any atom is 0.254 e. The molecule has 0 radical (unpaired) electrons. The molecule has 1 amide bonds. The summed E-state index contributed by atoms with van der Waals surface area (Å²) in [5, 5.41) is 0. The van der Waals surface area contributed by atoms with E-state index in [9.17, 15) is 4.79 Å². The molecule has 2 aromatic rings. The van der Waals surface area contributed by atoms with Gasteiger partial charge in [-0.2, -0.15) is 0 Å². The highest BCUT2D eigenvalue weighted by atomic mass is 127.